The number of carbonyl (C=O) groups excluding carboxylic acids is 2. The maximum atomic E-state index is 11.6. The van der Waals surface area contributed by atoms with Crippen molar-refractivity contribution in [2.75, 3.05) is 5.75 Å². The monoisotopic (exact) mass is 286 g/mol. The zero-order valence-corrected chi connectivity index (χ0v) is 11.6. The molecule has 0 saturated heterocycles. The Hall–Kier alpha value is -2.07. The molecule has 0 unspecified atom stereocenters. The van der Waals surface area contributed by atoms with Crippen LogP contribution in [0.2, 0.25) is 0 Å². The van der Waals surface area contributed by atoms with Gasteiger partial charge in [-0.05, 0) is 17.7 Å². The van der Waals surface area contributed by atoms with Crippen LogP contribution >= 0.6 is 11.8 Å². The molecule has 0 aliphatic heterocycles. The Kier molecular flexibility index (Phi) is 5.38. The van der Waals surface area contributed by atoms with Crippen LogP contribution in [-0.4, -0.2) is 17.5 Å². The minimum atomic E-state index is -0.780. The molecular formula is C16H14O3S. The van der Waals surface area contributed by atoms with Gasteiger partial charge in [0.15, 0.2) is 0 Å². The highest BCUT2D eigenvalue weighted by Gasteiger charge is 2.15. The quantitative estimate of drug-likeness (QED) is 0.465. The van der Waals surface area contributed by atoms with Crippen LogP contribution in [0.1, 0.15) is 5.56 Å². The number of Topliss-reactive ketones (excluding diaryl/α,β-unsaturated/α-hetero) is 1. The van der Waals surface area contributed by atoms with E-state index in [4.69, 9.17) is 4.74 Å². The lowest BCUT2D eigenvalue weighted by atomic mass is 10.2. The van der Waals surface area contributed by atoms with Crippen LogP contribution in [0.5, 0.6) is 0 Å². The highest BCUT2D eigenvalue weighted by Crippen LogP contribution is 2.16. The summed E-state index contributed by atoms with van der Waals surface area (Å²) in [6.07, 6.45) is 0. The van der Waals surface area contributed by atoms with Gasteiger partial charge in [-0.2, -0.15) is 0 Å². The predicted molar refractivity (Wildman–Crippen MR) is 78.4 cm³/mol. The van der Waals surface area contributed by atoms with Crippen LogP contribution in [0.15, 0.2) is 65.6 Å². The third kappa shape index (κ3) is 4.55. The van der Waals surface area contributed by atoms with Crippen LogP contribution in [0.25, 0.3) is 0 Å². The fourth-order valence-electron chi connectivity index (χ4n) is 1.53. The van der Waals surface area contributed by atoms with Crippen molar-refractivity contribution in [2.24, 2.45) is 0 Å². The molecule has 3 nitrogen and oxygen atoms in total. The molecule has 2 aromatic carbocycles. The minimum Gasteiger partial charge on any atom is -0.455 e. The largest absolute Gasteiger partial charge is 0.455 e. The minimum absolute atomic E-state index is 0.0949. The van der Waals surface area contributed by atoms with Crippen molar-refractivity contribution in [2.45, 2.75) is 11.5 Å². The number of esters is 1. The molecule has 0 spiro atoms. The van der Waals surface area contributed by atoms with Gasteiger partial charge in [-0.15, -0.1) is 11.8 Å². The standard InChI is InChI=1S/C16H14O3S/c17-15(12-20-14-9-5-2-6-10-14)16(18)19-11-13-7-3-1-4-8-13/h1-10H,11-12H2. The summed E-state index contributed by atoms with van der Waals surface area (Å²) >= 11 is 1.33. The molecular weight excluding hydrogens is 272 g/mol. The lowest BCUT2D eigenvalue weighted by molar-refractivity contribution is -0.153. The molecule has 0 radical (unpaired) electrons. The Balaban J connectivity index is 1.76. The van der Waals surface area contributed by atoms with Gasteiger partial charge in [0, 0.05) is 4.90 Å². The molecule has 0 fully saturated rings. The molecule has 102 valence electrons. The van der Waals surface area contributed by atoms with Crippen molar-refractivity contribution in [3.63, 3.8) is 0 Å². The van der Waals surface area contributed by atoms with Crippen LogP contribution in [0.3, 0.4) is 0 Å². The average molecular weight is 286 g/mol. The molecule has 2 rings (SSSR count). The molecule has 0 amide bonds. The number of hydrogen-bond donors (Lipinski definition) is 0. The van der Waals surface area contributed by atoms with Gasteiger partial charge in [0.05, 0.1) is 5.75 Å². The zero-order chi connectivity index (χ0) is 14.2. The second-order valence-corrected chi connectivity index (χ2v) is 5.14. The summed E-state index contributed by atoms with van der Waals surface area (Å²) in [4.78, 5) is 24.2. The molecule has 0 aromatic heterocycles. The van der Waals surface area contributed by atoms with E-state index in [0.717, 1.165) is 10.5 Å². The molecule has 0 atom stereocenters. The SMILES string of the molecule is O=C(CSc1ccccc1)C(=O)OCc1ccccc1. The maximum absolute atomic E-state index is 11.6. The third-order valence-corrected chi connectivity index (χ3v) is 3.57. The number of ketones is 1. The van der Waals surface area contributed by atoms with Crippen LogP contribution < -0.4 is 0 Å². The molecule has 0 N–H and O–H groups in total. The number of rotatable bonds is 6. The van der Waals surface area contributed by atoms with E-state index in [1.54, 1.807) is 0 Å². The Labute approximate surface area is 122 Å². The van der Waals surface area contributed by atoms with Gasteiger partial charge in [0.25, 0.3) is 0 Å². The van der Waals surface area contributed by atoms with Crippen molar-refractivity contribution in [1.82, 2.24) is 0 Å². The van der Waals surface area contributed by atoms with Crippen LogP contribution in [-0.2, 0) is 20.9 Å². The molecule has 4 heteroatoms. The summed E-state index contributed by atoms with van der Waals surface area (Å²) in [5.74, 6) is -1.20. The molecule has 0 bridgehead atoms. The van der Waals surface area contributed by atoms with Gasteiger partial charge in [-0.25, -0.2) is 4.79 Å². The van der Waals surface area contributed by atoms with E-state index in [2.05, 4.69) is 0 Å². The van der Waals surface area contributed by atoms with Gasteiger partial charge in [0.2, 0.25) is 5.78 Å². The van der Waals surface area contributed by atoms with Gasteiger partial charge >= 0.3 is 5.97 Å². The van der Waals surface area contributed by atoms with Crippen molar-refractivity contribution in [3.8, 4) is 0 Å². The fourth-order valence-corrected chi connectivity index (χ4v) is 2.29. The molecule has 0 heterocycles. The average Bonchev–Trinajstić information content (AvgIpc) is 2.52. The fraction of sp³-hybridized carbons (Fsp3) is 0.125. The lowest BCUT2D eigenvalue weighted by Gasteiger charge is -2.04. The lowest BCUT2D eigenvalue weighted by Crippen LogP contribution is -2.19. The molecule has 0 saturated carbocycles. The van der Waals surface area contributed by atoms with Crippen molar-refractivity contribution in [1.29, 1.82) is 0 Å². The van der Waals surface area contributed by atoms with E-state index in [1.807, 2.05) is 60.7 Å². The van der Waals surface area contributed by atoms with Gasteiger partial charge in [-0.1, -0.05) is 48.5 Å². The smallest absolute Gasteiger partial charge is 0.375 e. The molecule has 2 aromatic rings. The Morgan fingerprint density at radius 1 is 0.900 bits per heavy atom. The Morgan fingerprint density at radius 3 is 2.15 bits per heavy atom. The first-order valence-electron chi connectivity index (χ1n) is 6.17. The summed E-state index contributed by atoms with van der Waals surface area (Å²) in [7, 11) is 0. The van der Waals surface area contributed by atoms with Crippen molar-refractivity contribution >= 4 is 23.5 Å². The van der Waals surface area contributed by atoms with E-state index >= 15 is 0 Å². The third-order valence-electron chi connectivity index (χ3n) is 2.55. The second kappa shape index (κ2) is 7.50. The summed E-state index contributed by atoms with van der Waals surface area (Å²) in [6, 6.07) is 18.8. The first-order chi connectivity index (χ1) is 9.75. The number of ether oxygens (including phenoxy) is 1. The van der Waals surface area contributed by atoms with Crippen molar-refractivity contribution in [3.05, 3.63) is 66.2 Å². The molecule has 0 aliphatic carbocycles. The number of benzene rings is 2. The zero-order valence-electron chi connectivity index (χ0n) is 10.8. The molecule has 0 aliphatic rings. The number of thioether (sulfide) groups is 1. The number of carbonyl (C=O) groups is 2. The van der Waals surface area contributed by atoms with Crippen LogP contribution in [0, 0.1) is 0 Å². The van der Waals surface area contributed by atoms with Crippen LogP contribution in [0.4, 0.5) is 0 Å². The van der Waals surface area contributed by atoms with E-state index in [-0.39, 0.29) is 12.4 Å². The first kappa shape index (κ1) is 14.3. The summed E-state index contributed by atoms with van der Waals surface area (Å²) in [5.41, 5.74) is 0.865. The maximum Gasteiger partial charge on any atom is 0.375 e. The number of hydrogen-bond acceptors (Lipinski definition) is 4. The summed E-state index contributed by atoms with van der Waals surface area (Å²) < 4.78 is 4.98. The summed E-state index contributed by atoms with van der Waals surface area (Å²) in [6.45, 7) is 0.126. The van der Waals surface area contributed by atoms with E-state index < -0.39 is 11.8 Å². The van der Waals surface area contributed by atoms with Gasteiger partial charge in [0.1, 0.15) is 6.61 Å². The van der Waals surface area contributed by atoms with E-state index in [9.17, 15) is 9.59 Å². The van der Waals surface area contributed by atoms with E-state index in [1.165, 1.54) is 11.8 Å². The van der Waals surface area contributed by atoms with E-state index in [0.29, 0.717) is 0 Å². The van der Waals surface area contributed by atoms with Gasteiger partial charge in [-0.3, -0.25) is 4.79 Å². The van der Waals surface area contributed by atoms with Crippen molar-refractivity contribution < 1.29 is 14.3 Å². The second-order valence-electron chi connectivity index (χ2n) is 4.09. The highest BCUT2D eigenvalue weighted by atomic mass is 32.2. The summed E-state index contributed by atoms with van der Waals surface area (Å²) in [5, 5.41) is 0. The highest BCUT2D eigenvalue weighted by molar-refractivity contribution is 8.00. The predicted octanol–water partition coefficient (Wildman–Crippen LogP) is 3.09. The first-order valence-corrected chi connectivity index (χ1v) is 7.16. The molecule has 20 heavy (non-hydrogen) atoms. The van der Waals surface area contributed by atoms with Gasteiger partial charge < -0.3 is 4.74 Å². The topological polar surface area (TPSA) is 43.4 Å². The normalized spacial score (nSPS) is 10.0. The Morgan fingerprint density at radius 2 is 1.50 bits per heavy atom. The Bertz CT molecular complexity index is 513.